The van der Waals surface area contributed by atoms with E-state index in [2.05, 4.69) is 0 Å². The second-order valence-electron chi connectivity index (χ2n) is 4.25. The molecule has 0 unspecified atom stereocenters. The Labute approximate surface area is 106 Å². The van der Waals surface area contributed by atoms with Gasteiger partial charge in [0.2, 0.25) is 0 Å². The number of benzene rings is 2. The van der Waals surface area contributed by atoms with Crippen LogP contribution >= 0.6 is 0 Å². The lowest BCUT2D eigenvalue weighted by atomic mass is 10.1. The highest BCUT2D eigenvalue weighted by molar-refractivity contribution is 5.30. The molecular weight excluding hydrogens is 229 g/mol. The van der Waals surface area contributed by atoms with Crippen molar-refractivity contribution < 1.29 is 9.13 Å². The van der Waals surface area contributed by atoms with Crippen LogP contribution in [0.2, 0.25) is 0 Å². The third-order valence-electron chi connectivity index (χ3n) is 2.71. The van der Waals surface area contributed by atoms with Crippen LogP contribution in [0.4, 0.5) is 4.39 Å². The lowest BCUT2D eigenvalue weighted by Crippen LogP contribution is -2.07. The first kappa shape index (κ1) is 12.6. The van der Waals surface area contributed by atoms with E-state index >= 15 is 0 Å². The average Bonchev–Trinajstić information content (AvgIpc) is 2.37. The largest absolute Gasteiger partial charge is 0.489 e. The average molecular weight is 245 g/mol. The molecule has 0 saturated heterocycles. The Kier molecular flexibility index (Phi) is 3.95. The van der Waals surface area contributed by atoms with Gasteiger partial charge in [-0.1, -0.05) is 36.4 Å². The Balaban J connectivity index is 2.05. The second kappa shape index (κ2) is 5.65. The summed E-state index contributed by atoms with van der Waals surface area (Å²) in [5.41, 5.74) is 7.20. The van der Waals surface area contributed by atoms with Gasteiger partial charge < -0.3 is 10.5 Å². The topological polar surface area (TPSA) is 35.2 Å². The normalized spacial score (nSPS) is 12.2. The lowest BCUT2D eigenvalue weighted by molar-refractivity contribution is 0.304. The molecule has 2 nitrogen and oxygen atoms in total. The summed E-state index contributed by atoms with van der Waals surface area (Å²) in [6.45, 7) is 2.18. The minimum atomic E-state index is -0.324. The highest BCUT2D eigenvalue weighted by Crippen LogP contribution is 2.21. The van der Waals surface area contributed by atoms with Crippen molar-refractivity contribution in [1.29, 1.82) is 0 Å². The lowest BCUT2D eigenvalue weighted by Gasteiger charge is -2.10. The number of hydrogen-bond donors (Lipinski definition) is 1. The van der Waals surface area contributed by atoms with E-state index in [1.165, 1.54) is 6.07 Å². The molecule has 0 aliphatic heterocycles. The zero-order chi connectivity index (χ0) is 13.0. The van der Waals surface area contributed by atoms with Crippen molar-refractivity contribution in [3.63, 3.8) is 0 Å². The van der Waals surface area contributed by atoms with Crippen LogP contribution in [0.1, 0.15) is 24.1 Å². The summed E-state index contributed by atoms with van der Waals surface area (Å²) in [6.07, 6.45) is 0. The molecule has 1 atom stereocenters. The quantitative estimate of drug-likeness (QED) is 0.895. The van der Waals surface area contributed by atoms with Crippen molar-refractivity contribution in [1.82, 2.24) is 0 Å². The molecule has 18 heavy (non-hydrogen) atoms. The summed E-state index contributed by atoms with van der Waals surface area (Å²) in [5, 5.41) is 0. The number of rotatable bonds is 4. The van der Waals surface area contributed by atoms with Gasteiger partial charge in [0.25, 0.3) is 0 Å². The maximum atomic E-state index is 13.7. The molecule has 0 fully saturated rings. The van der Waals surface area contributed by atoms with Crippen molar-refractivity contribution in [3.8, 4) is 5.75 Å². The first-order chi connectivity index (χ1) is 8.66. The van der Waals surface area contributed by atoms with Gasteiger partial charge in [0.1, 0.15) is 18.2 Å². The van der Waals surface area contributed by atoms with Crippen molar-refractivity contribution in [3.05, 3.63) is 65.5 Å². The predicted molar refractivity (Wildman–Crippen MR) is 69.8 cm³/mol. The number of nitrogens with two attached hydrogens (primary N) is 1. The van der Waals surface area contributed by atoms with E-state index in [1.807, 2.05) is 30.3 Å². The van der Waals surface area contributed by atoms with E-state index in [0.717, 1.165) is 5.56 Å². The van der Waals surface area contributed by atoms with Crippen LogP contribution < -0.4 is 10.5 Å². The van der Waals surface area contributed by atoms with E-state index in [-0.39, 0.29) is 11.9 Å². The predicted octanol–water partition coefficient (Wildman–Crippen LogP) is 3.42. The van der Waals surface area contributed by atoms with E-state index in [9.17, 15) is 4.39 Å². The molecule has 0 aliphatic carbocycles. The van der Waals surface area contributed by atoms with Gasteiger partial charge in [0, 0.05) is 17.7 Å². The van der Waals surface area contributed by atoms with E-state index in [1.54, 1.807) is 19.1 Å². The van der Waals surface area contributed by atoms with E-state index in [4.69, 9.17) is 10.5 Å². The molecule has 2 aromatic rings. The van der Waals surface area contributed by atoms with Gasteiger partial charge in [0.05, 0.1) is 0 Å². The molecule has 3 heteroatoms. The summed E-state index contributed by atoms with van der Waals surface area (Å²) in [6, 6.07) is 14.2. The molecule has 2 N–H and O–H groups in total. The molecule has 2 rings (SSSR count). The molecule has 0 heterocycles. The zero-order valence-electron chi connectivity index (χ0n) is 10.3. The molecule has 2 aromatic carbocycles. The van der Waals surface area contributed by atoms with Crippen LogP contribution in [0.25, 0.3) is 0 Å². The van der Waals surface area contributed by atoms with Crippen LogP contribution in [-0.2, 0) is 6.61 Å². The van der Waals surface area contributed by atoms with Gasteiger partial charge in [-0.2, -0.15) is 0 Å². The molecule has 94 valence electrons. The number of hydrogen-bond acceptors (Lipinski definition) is 2. The molecule has 0 amide bonds. The van der Waals surface area contributed by atoms with Crippen LogP contribution in [0.3, 0.4) is 0 Å². The summed E-state index contributed by atoms with van der Waals surface area (Å²) < 4.78 is 19.2. The van der Waals surface area contributed by atoms with Gasteiger partial charge in [-0.15, -0.1) is 0 Å². The van der Waals surface area contributed by atoms with Crippen LogP contribution in [0, 0.1) is 5.82 Å². The van der Waals surface area contributed by atoms with Crippen molar-refractivity contribution in [2.45, 2.75) is 19.6 Å². The van der Waals surface area contributed by atoms with E-state index in [0.29, 0.717) is 17.9 Å². The van der Waals surface area contributed by atoms with Gasteiger partial charge in [-0.3, -0.25) is 0 Å². The van der Waals surface area contributed by atoms with Crippen LogP contribution in [0.15, 0.2) is 48.5 Å². The second-order valence-corrected chi connectivity index (χ2v) is 4.25. The van der Waals surface area contributed by atoms with Gasteiger partial charge >= 0.3 is 0 Å². The minimum absolute atomic E-state index is 0.312. The standard InChI is InChI=1S/C15H16FNO/c1-11(17)14-8-7-13(9-15(14)16)18-10-12-5-3-2-4-6-12/h2-9,11H,10,17H2,1H3/t11-/m0/s1. The third kappa shape index (κ3) is 3.08. The Morgan fingerprint density at radius 2 is 1.89 bits per heavy atom. The molecule has 0 bridgehead atoms. The third-order valence-corrected chi connectivity index (χ3v) is 2.71. The fraction of sp³-hybridized carbons (Fsp3) is 0.200. The summed E-state index contributed by atoms with van der Waals surface area (Å²) in [5.74, 6) is 0.191. The number of halogens is 1. The van der Waals surface area contributed by atoms with Crippen molar-refractivity contribution in [2.75, 3.05) is 0 Å². The summed E-state index contributed by atoms with van der Waals surface area (Å²) in [7, 11) is 0. The Morgan fingerprint density at radius 1 is 1.17 bits per heavy atom. The fourth-order valence-electron chi connectivity index (χ4n) is 1.71. The smallest absolute Gasteiger partial charge is 0.131 e. The molecule has 0 saturated carbocycles. The molecular formula is C15H16FNO. The first-order valence-electron chi connectivity index (χ1n) is 5.88. The maximum absolute atomic E-state index is 13.7. The number of ether oxygens (including phenoxy) is 1. The van der Waals surface area contributed by atoms with Gasteiger partial charge in [-0.05, 0) is 18.6 Å². The van der Waals surface area contributed by atoms with Gasteiger partial charge in [-0.25, -0.2) is 4.39 Å². The SMILES string of the molecule is C[C@H](N)c1ccc(OCc2ccccc2)cc1F. The Hall–Kier alpha value is -1.87. The first-order valence-corrected chi connectivity index (χ1v) is 5.88. The summed E-state index contributed by atoms with van der Waals surface area (Å²) in [4.78, 5) is 0. The molecule has 0 aromatic heterocycles. The summed E-state index contributed by atoms with van der Waals surface area (Å²) >= 11 is 0. The fourth-order valence-corrected chi connectivity index (χ4v) is 1.71. The van der Waals surface area contributed by atoms with Crippen LogP contribution in [0.5, 0.6) is 5.75 Å². The van der Waals surface area contributed by atoms with Crippen LogP contribution in [-0.4, -0.2) is 0 Å². The van der Waals surface area contributed by atoms with Crippen molar-refractivity contribution in [2.24, 2.45) is 5.73 Å². The maximum Gasteiger partial charge on any atom is 0.131 e. The molecule has 0 aliphatic rings. The Morgan fingerprint density at radius 3 is 2.50 bits per heavy atom. The molecule has 0 spiro atoms. The monoisotopic (exact) mass is 245 g/mol. The minimum Gasteiger partial charge on any atom is -0.489 e. The van der Waals surface area contributed by atoms with Gasteiger partial charge in [0.15, 0.2) is 0 Å². The highest BCUT2D eigenvalue weighted by Gasteiger charge is 2.08. The molecule has 0 radical (unpaired) electrons. The van der Waals surface area contributed by atoms with Crippen molar-refractivity contribution >= 4 is 0 Å². The highest BCUT2D eigenvalue weighted by atomic mass is 19.1. The zero-order valence-corrected chi connectivity index (χ0v) is 10.3. The van der Waals surface area contributed by atoms with E-state index < -0.39 is 0 Å². The Bertz CT molecular complexity index is 511.